The van der Waals surface area contributed by atoms with Gasteiger partial charge < -0.3 is 9.47 Å². The molecule has 2 aliphatic rings. The molecule has 0 N–H and O–H groups in total. The number of hydrogen-bond donors (Lipinski definition) is 0. The summed E-state index contributed by atoms with van der Waals surface area (Å²) in [7, 11) is 0. The first-order valence-corrected chi connectivity index (χ1v) is 21.3. The first-order chi connectivity index (χ1) is 30.7. The van der Waals surface area contributed by atoms with Crippen molar-refractivity contribution in [2.45, 2.75) is 12.0 Å². The van der Waals surface area contributed by atoms with Crippen LogP contribution in [-0.2, 0) is 0 Å². The summed E-state index contributed by atoms with van der Waals surface area (Å²) >= 11 is 0. The van der Waals surface area contributed by atoms with Crippen molar-refractivity contribution in [3.8, 4) is 28.5 Å². The molecular formula is C57H37N5. The Bertz CT molecular complexity index is 3570. The van der Waals surface area contributed by atoms with Gasteiger partial charge in [-0.05, 0) is 79.3 Å². The molecule has 2 unspecified atom stereocenters. The monoisotopic (exact) mass is 791 g/mol. The summed E-state index contributed by atoms with van der Waals surface area (Å²) in [6.07, 6.45) is 7.08. The van der Waals surface area contributed by atoms with Crippen LogP contribution in [0.25, 0.3) is 88.2 Å². The van der Waals surface area contributed by atoms with Gasteiger partial charge in [0.2, 0.25) is 5.95 Å². The fourth-order valence-electron chi connectivity index (χ4n) is 10.1. The summed E-state index contributed by atoms with van der Waals surface area (Å²) in [4.78, 5) is 17.6. The summed E-state index contributed by atoms with van der Waals surface area (Å²) in [6.45, 7) is 0. The molecular weight excluding hydrogens is 755 g/mol. The van der Waals surface area contributed by atoms with Crippen LogP contribution in [0.2, 0.25) is 0 Å². The second kappa shape index (κ2) is 13.7. The number of anilines is 2. The van der Waals surface area contributed by atoms with E-state index in [1.807, 2.05) is 36.4 Å². The van der Waals surface area contributed by atoms with E-state index in [0.717, 1.165) is 22.5 Å². The van der Waals surface area contributed by atoms with Gasteiger partial charge in [0.05, 0.1) is 17.1 Å². The second-order valence-corrected chi connectivity index (χ2v) is 16.3. The average Bonchev–Trinajstić information content (AvgIpc) is 3.86. The summed E-state index contributed by atoms with van der Waals surface area (Å²) in [5.74, 6) is 2.04. The van der Waals surface area contributed by atoms with Crippen molar-refractivity contribution < 1.29 is 0 Å². The van der Waals surface area contributed by atoms with Crippen LogP contribution in [0, 0.1) is 0 Å². The number of allylic oxidation sites excluding steroid dienone is 2. The summed E-state index contributed by atoms with van der Waals surface area (Å²) < 4.78 is 2.45. The number of benzene rings is 9. The zero-order chi connectivity index (χ0) is 40.7. The first-order valence-electron chi connectivity index (χ1n) is 21.3. The van der Waals surface area contributed by atoms with Gasteiger partial charge in [-0.2, -0.15) is 9.97 Å². The van der Waals surface area contributed by atoms with Crippen LogP contribution in [0.4, 0.5) is 11.6 Å². The molecule has 9 aromatic carbocycles. The lowest BCUT2D eigenvalue weighted by Gasteiger charge is -2.28. The number of para-hydroxylation sites is 2. The van der Waals surface area contributed by atoms with Gasteiger partial charge >= 0.3 is 0 Å². The van der Waals surface area contributed by atoms with Gasteiger partial charge in [0, 0.05) is 39.2 Å². The highest BCUT2D eigenvalue weighted by molar-refractivity contribution is 6.25. The second-order valence-electron chi connectivity index (χ2n) is 16.3. The van der Waals surface area contributed by atoms with Gasteiger partial charge in [-0.15, -0.1) is 0 Å². The van der Waals surface area contributed by atoms with Crippen molar-refractivity contribution in [3.63, 3.8) is 0 Å². The normalized spacial score (nSPS) is 15.7. The Labute approximate surface area is 358 Å². The van der Waals surface area contributed by atoms with Crippen LogP contribution in [0.3, 0.4) is 0 Å². The average molecular weight is 792 g/mol. The van der Waals surface area contributed by atoms with Crippen molar-refractivity contribution in [3.05, 3.63) is 223 Å². The lowest BCUT2D eigenvalue weighted by molar-refractivity contribution is 0.730. The number of fused-ring (bicyclic) bond motifs is 12. The van der Waals surface area contributed by atoms with Crippen LogP contribution in [0.15, 0.2) is 212 Å². The fraction of sp³-hybridized carbons (Fsp3) is 0.0351. The summed E-state index contributed by atoms with van der Waals surface area (Å²) in [6, 6.07) is 69.5. The quantitative estimate of drug-likeness (QED) is 0.163. The molecule has 0 saturated carbocycles. The molecule has 290 valence electrons. The third-order valence-corrected chi connectivity index (χ3v) is 12.9. The van der Waals surface area contributed by atoms with Crippen molar-refractivity contribution in [2.24, 2.45) is 0 Å². The molecule has 2 atom stereocenters. The highest BCUT2D eigenvalue weighted by Crippen LogP contribution is 2.49. The largest absolute Gasteiger partial charge is 0.309 e. The van der Waals surface area contributed by atoms with E-state index in [2.05, 4.69) is 185 Å². The van der Waals surface area contributed by atoms with Crippen LogP contribution in [0.5, 0.6) is 0 Å². The van der Waals surface area contributed by atoms with E-state index in [0.29, 0.717) is 17.6 Å². The molecule has 2 aromatic heterocycles. The predicted molar refractivity (Wildman–Crippen MR) is 256 cm³/mol. The van der Waals surface area contributed by atoms with Crippen molar-refractivity contribution in [1.82, 2.24) is 19.5 Å². The molecule has 5 nitrogen and oxygen atoms in total. The van der Waals surface area contributed by atoms with Crippen LogP contribution < -0.4 is 4.90 Å². The Balaban J connectivity index is 0.945. The van der Waals surface area contributed by atoms with Gasteiger partial charge in [-0.3, -0.25) is 0 Å². The lowest BCUT2D eigenvalue weighted by atomic mass is 9.86. The maximum absolute atomic E-state index is 5.17. The van der Waals surface area contributed by atoms with E-state index in [9.17, 15) is 0 Å². The molecule has 0 spiro atoms. The van der Waals surface area contributed by atoms with Gasteiger partial charge in [0.15, 0.2) is 11.6 Å². The van der Waals surface area contributed by atoms with Gasteiger partial charge in [0.25, 0.3) is 0 Å². The molecule has 1 aliphatic heterocycles. The number of hydrogen-bond acceptors (Lipinski definition) is 4. The zero-order valence-electron chi connectivity index (χ0n) is 33.6. The molecule has 62 heavy (non-hydrogen) atoms. The van der Waals surface area contributed by atoms with Crippen LogP contribution in [0.1, 0.15) is 17.0 Å². The molecule has 0 saturated heterocycles. The predicted octanol–water partition coefficient (Wildman–Crippen LogP) is 14.0. The molecule has 0 amide bonds. The fourth-order valence-corrected chi connectivity index (χ4v) is 10.1. The molecule has 11 aromatic rings. The molecule has 5 heteroatoms. The molecule has 13 rings (SSSR count). The summed E-state index contributed by atoms with van der Waals surface area (Å²) in [5, 5.41) is 10.1. The number of aromatic nitrogens is 4. The Morgan fingerprint density at radius 3 is 1.65 bits per heavy atom. The maximum atomic E-state index is 5.17. The Morgan fingerprint density at radius 2 is 0.952 bits per heavy atom. The van der Waals surface area contributed by atoms with E-state index in [-0.39, 0.29) is 12.0 Å². The molecule has 0 bridgehead atoms. The van der Waals surface area contributed by atoms with E-state index in [1.54, 1.807) is 0 Å². The van der Waals surface area contributed by atoms with E-state index in [1.165, 1.54) is 70.8 Å². The minimum absolute atomic E-state index is 0.00974. The topological polar surface area (TPSA) is 46.8 Å². The van der Waals surface area contributed by atoms with Crippen molar-refractivity contribution in [2.75, 3.05) is 4.90 Å². The van der Waals surface area contributed by atoms with Crippen molar-refractivity contribution >= 4 is 71.3 Å². The van der Waals surface area contributed by atoms with Crippen molar-refractivity contribution in [1.29, 1.82) is 0 Å². The first kappa shape index (κ1) is 34.7. The van der Waals surface area contributed by atoms with Crippen LogP contribution >= 0.6 is 0 Å². The highest BCUT2D eigenvalue weighted by Gasteiger charge is 2.40. The third-order valence-electron chi connectivity index (χ3n) is 12.9. The molecule has 0 radical (unpaired) electrons. The van der Waals surface area contributed by atoms with Gasteiger partial charge in [-0.1, -0.05) is 182 Å². The molecule has 1 aliphatic carbocycles. The third kappa shape index (κ3) is 5.31. The lowest BCUT2D eigenvalue weighted by Crippen LogP contribution is -2.30. The summed E-state index contributed by atoms with van der Waals surface area (Å²) in [5.41, 5.74) is 10.2. The highest BCUT2D eigenvalue weighted by atomic mass is 15.3. The maximum Gasteiger partial charge on any atom is 0.234 e. The van der Waals surface area contributed by atoms with E-state index in [4.69, 9.17) is 15.0 Å². The SMILES string of the molecule is C1=CC2C(C=C1c1ccc3c4ccccc4n(-c4ccc5c6ccccc6c6ccccc6c5c4)c3c1)c1ccccc1N2c1nc(-c2ccccc2)nc(-c2ccccc2)n1. The zero-order valence-corrected chi connectivity index (χ0v) is 33.6. The Kier molecular flexibility index (Phi) is 7.66. The van der Waals surface area contributed by atoms with E-state index >= 15 is 0 Å². The smallest absolute Gasteiger partial charge is 0.234 e. The Hall–Kier alpha value is -8.15. The molecule has 0 fully saturated rings. The molecule has 3 heterocycles. The van der Waals surface area contributed by atoms with Gasteiger partial charge in [0.1, 0.15) is 0 Å². The van der Waals surface area contributed by atoms with Crippen LogP contribution in [-0.4, -0.2) is 25.6 Å². The van der Waals surface area contributed by atoms with E-state index < -0.39 is 0 Å². The number of nitrogens with zero attached hydrogens (tertiary/aromatic N) is 5. The minimum Gasteiger partial charge on any atom is -0.309 e. The standard InChI is InChI=1S/C57H37N5/c1-3-15-36(16-4-1)55-58-56(37-17-5-2-6-18-37)60-57(59-55)62-52-26-14-12-24-47(52)50-33-38(28-32-53(50)62)39-27-30-48-46-23-11-13-25-51(46)61(54(48)34-39)40-29-31-45-43-21-8-7-19-41(43)42-20-9-10-22-44(42)49(45)35-40/h1-35,50,53H. The minimum atomic E-state index is -0.00974. The Morgan fingerprint density at radius 1 is 0.403 bits per heavy atom. The van der Waals surface area contributed by atoms with Gasteiger partial charge in [-0.25, -0.2) is 4.98 Å². The number of rotatable bonds is 5.